The molecule has 0 saturated carbocycles. The lowest BCUT2D eigenvalue weighted by Crippen LogP contribution is -2.45. The van der Waals surface area contributed by atoms with E-state index in [2.05, 4.69) is 10.6 Å². The van der Waals surface area contributed by atoms with Crippen molar-refractivity contribution >= 4 is 17.5 Å². The first-order chi connectivity index (χ1) is 10.3. The van der Waals surface area contributed by atoms with E-state index in [1.807, 2.05) is 13.8 Å². The highest BCUT2D eigenvalue weighted by atomic mass is 16.3. The van der Waals surface area contributed by atoms with Gasteiger partial charge < -0.3 is 15.7 Å². The summed E-state index contributed by atoms with van der Waals surface area (Å²) in [6.45, 7) is 7.63. The van der Waals surface area contributed by atoms with E-state index in [1.165, 1.54) is 0 Å². The third-order valence-electron chi connectivity index (χ3n) is 4.01. The lowest BCUT2D eigenvalue weighted by atomic mass is 9.88. The molecule has 0 aliphatic heterocycles. The van der Waals surface area contributed by atoms with Crippen LogP contribution in [0.2, 0.25) is 0 Å². The fourth-order valence-electron chi connectivity index (χ4n) is 1.96. The van der Waals surface area contributed by atoms with Crippen LogP contribution in [0.3, 0.4) is 0 Å². The standard InChI is InChI=1S/C17H26N2O3/c1-5-12(3)17(4,22)11-18-16(21)13-8-7-9-14(10-13)19-15(20)6-2/h7-10,12,22H,5-6,11H2,1-4H3,(H,18,21)(H,19,20). The summed E-state index contributed by atoms with van der Waals surface area (Å²) in [6, 6.07) is 6.75. The first kappa shape index (κ1) is 18.2. The number of amides is 2. The Morgan fingerprint density at radius 2 is 2.00 bits per heavy atom. The molecule has 0 aromatic heterocycles. The third-order valence-corrected chi connectivity index (χ3v) is 4.01. The molecule has 122 valence electrons. The second kappa shape index (κ2) is 7.94. The van der Waals surface area contributed by atoms with Crippen molar-refractivity contribution in [2.24, 2.45) is 5.92 Å². The SMILES string of the molecule is CCC(=O)Nc1cccc(C(=O)NCC(C)(O)C(C)CC)c1. The van der Waals surface area contributed by atoms with Crippen molar-refractivity contribution in [1.29, 1.82) is 0 Å². The molecule has 5 nitrogen and oxygen atoms in total. The molecule has 0 fully saturated rings. The van der Waals surface area contributed by atoms with Gasteiger partial charge >= 0.3 is 0 Å². The van der Waals surface area contributed by atoms with Crippen molar-refractivity contribution in [3.05, 3.63) is 29.8 Å². The second-order valence-corrected chi connectivity index (χ2v) is 5.83. The summed E-state index contributed by atoms with van der Waals surface area (Å²) < 4.78 is 0. The molecule has 2 unspecified atom stereocenters. The van der Waals surface area contributed by atoms with Crippen molar-refractivity contribution < 1.29 is 14.7 Å². The quantitative estimate of drug-likeness (QED) is 0.724. The number of benzene rings is 1. The summed E-state index contributed by atoms with van der Waals surface area (Å²) in [5.41, 5.74) is 0.0976. The van der Waals surface area contributed by atoms with Crippen LogP contribution in [0, 0.1) is 5.92 Å². The number of hydrogen-bond acceptors (Lipinski definition) is 3. The van der Waals surface area contributed by atoms with Gasteiger partial charge in [0.25, 0.3) is 5.91 Å². The van der Waals surface area contributed by atoms with Gasteiger partial charge in [-0.15, -0.1) is 0 Å². The van der Waals surface area contributed by atoms with Crippen LogP contribution in [0.15, 0.2) is 24.3 Å². The van der Waals surface area contributed by atoms with Crippen molar-refractivity contribution in [2.45, 2.75) is 46.1 Å². The molecule has 0 aliphatic rings. The Balaban J connectivity index is 2.70. The maximum atomic E-state index is 12.2. The molecule has 22 heavy (non-hydrogen) atoms. The van der Waals surface area contributed by atoms with Gasteiger partial charge in [-0.05, 0) is 31.0 Å². The molecule has 0 heterocycles. The van der Waals surface area contributed by atoms with Crippen molar-refractivity contribution in [1.82, 2.24) is 5.32 Å². The fourth-order valence-corrected chi connectivity index (χ4v) is 1.96. The van der Waals surface area contributed by atoms with E-state index in [0.29, 0.717) is 17.7 Å². The molecule has 0 spiro atoms. The fraction of sp³-hybridized carbons (Fsp3) is 0.529. The van der Waals surface area contributed by atoms with Crippen LogP contribution < -0.4 is 10.6 Å². The van der Waals surface area contributed by atoms with Gasteiger partial charge in [-0.25, -0.2) is 0 Å². The molecule has 0 saturated heterocycles. The lowest BCUT2D eigenvalue weighted by molar-refractivity contribution is -0.115. The van der Waals surface area contributed by atoms with Gasteiger partial charge in [0.05, 0.1) is 5.60 Å². The summed E-state index contributed by atoms with van der Waals surface area (Å²) in [7, 11) is 0. The first-order valence-corrected chi connectivity index (χ1v) is 7.70. The molecule has 0 radical (unpaired) electrons. The van der Waals surface area contributed by atoms with Crippen molar-refractivity contribution in [3.63, 3.8) is 0 Å². The van der Waals surface area contributed by atoms with E-state index in [4.69, 9.17) is 0 Å². The summed E-state index contributed by atoms with van der Waals surface area (Å²) in [6.07, 6.45) is 1.22. The van der Waals surface area contributed by atoms with Gasteiger partial charge in [0.15, 0.2) is 0 Å². The number of rotatable bonds is 7. The van der Waals surface area contributed by atoms with Crippen LogP contribution in [-0.2, 0) is 4.79 Å². The van der Waals surface area contributed by atoms with E-state index < -0.39 is 5.60 Å². The molecule has 3 N–H and O–H groups in total. The monoisotopic (exact) mass is 306 g/mol. The average Bonchev–Trinajstić information content (AvgIpc) is 2.51. The van der Waals surface area contributed by atoms with E-state index in [0.717, 1.165) is 6.42 Å². The van der Waals surface area contributed by atoms with E-state index >= 15 is 0 Å². The van der Waals surface area contributed by atoms with Gasteiger partial charge in [-0.1, -0.05) is 33.3 Å². The highest BCUT2D eigenvalue weighted by Crippen LogP contribution is 2.19. The number of anilines is 1. The first-order valence-electron chi connectivity index (χ1n) is 7.70. The van der Waals surface area contributed by atoms with Crippen LogP contribution in [0.5, 0.6) is 0 Å². The molecule has 1 rings (SSSR count). The van der Waals surface area contributed by atoms with Crippen LogP contribution in [0.25, 0.3) is 0 Å². The predicted molar refractivity (Wildman–Crippen MR) is 87.8 cm³/mol. The van der Waals surface area contributed by atoms with Gasteiger partial charge in [0, 0.05) is 24.2 Å². The van der Waals surface area contributed by atoms with Crippen molar-refractivity contribution in [3.8, 4) is 0 Å². The van der Waals surface area contributed by atoms with Crippen molar-refractivity contribution in [2.75, 3.05) is 11.9 Å². The van der Waals surface area contributed by atoms with E-state index in [1.54, 1.807) is 38.1 Å². The Bertz CT molecular complexity index is 526. The van der Waals surface area contributed by atoms with Gasteiger partial charge in [-0.2, -0.15) is 0 Å². The van der Waals surface area contributed by atoms with Gasteiger partial charge in [-0.3, -0.25) is 9.59 Å². The highest BCUT2D eigenvalue weighted by molar-refractivity contribution is 5.97. The normalized spacial score (nSPS) is 14.8. The number of nitrogens with one attached hydrogen (secondary N) is 2. The minimum absolute atomic E-state index is 0.0861. The number of aliphatic hydroxyl groups is 1. The minimum atomic E-state index is -0.946. The Labute approximate surface area is 132 Å². The largest absolute Gasteiger partial charge is 0.388 e. The predicted octanol–water partition coefficient (Wildman–Crippen LogP) is 2.56. The average molecular weight is 306 g/mol. The maximum absolute atomic E-state index is 12.2. The Morgan fingerprint density at radius 3 is 2.59 bits per heavy atom. The summed E-state index contributed by atoms with van der Waals surface area (Å²) in [4.78, 5) is 23.6. The molecule has 2 amide bonds. The zero-order valence-electron chi connectivity index (χ0n) is 13.8. The van der Waals surface area contributed by atoms with E-state index in [9.17, 15) is 14.7 Å². The zero-order chi connectivity index (χ0) is 16.8. The van der Waals surface area contributed by atoms with Crippen LogP contribution in [0.4, 0.5) is 5.69 Å². The summed E-state index contributed by atoms with van der Waals surface area (Å²) >= 11 is 0. The number of carbonyl (C=O) groups is 2. The highest BCUT2D eigenvalue weighted by Gasteiger charge is 2.27. The van der Waals surface area contributed by atoms with E-state index in [-0.39, 0.29) is 24.3 Å². The molecular weight excluding hydrogens is 280 g/mol. The molecule has 5 heteroatoms. The van der Waals surface area contributed by atoms with Gasteiger partial charge in [0.2, 0.25) is 5.91 Å². The topological polar surface area (TPSA) is 78.4 Å². The van der Waals surface area contributed by atoms with Crippen LogP contribution >= 0.6 is 0 Å². The van der Waals surface area contributed by atoms with Crippen LogP contribution in [-0.4, -0.2) is 29.1 Å². The molecule has 2 atom stereocenters. The second-order valence-electron chi connectivity index (χ2n) is 5.83. The Hall–Kier alpha value is -1.88. The maximum Gasteiger partial charge on any atom is 0.251 e. The minimum Gasteiger partial charge on any atom is -0.388 e. The third kappa shape index (κ3) is 5.15. The lowest BCUT2D eigenvalue weighted by Gasteiger charge is -2.29. The zero-order valence-corrected chi connectivity index (χ0v) is 13.8. The molecule has 1 aromatic rings. The molecular formula is C17H26N2O3. The smallest absolute Gasteiger partial charge is 0.251 e. The number of carbonyl (C=O) groups excluding carboxylic acids is 2. The molecule has 1 aromatic carbocycles. The molecule has 0 aliphatic carbocycles. The summed E-state index contributed by atoms with van der Waals surface area (Å²) in [5.74, 6) is -0.281. The Morgan fingerprint density at radius 1 is 1.32 bits per heavy atom. The van der Waals surface area contributed by atoms with Gasteiger partial charge in [0.1, 0.15) is 0 Å². The Kier molecular flexibility index (Phi) is 6.56. The van der Waals surface area contributed by atoms with Crippen LogP contribution in [0.1, 0.15) is 50.9 Å². The molecule has 0 bridgehead atoms. The summed E-state index contributed by atoms with van der Waals surface area (Å²) in [5, 5.41) is 15.8. The number of hydrogen-bond donors (Lipinski definition) is 3.